The van der Waals surface area contributed by atoms with Crippen molar-refractivity contribution < 1.29 is 19.4 Å². The van der Waals surface area contributed by atoms with E-state index in [1.807, 2.05) is 6.08 Å². The van der Waals surface area contributed by atoms with Crippen molar-refractivity contribution in [2.45, 2.75) is 11.7 Å². The molecule has 4 rings (SSSR count). The summed E-state index contributed by atoms with van der Waals surface area (Å²) in [6.45, 7) is 0.348. The van der Waals surface area contributed by atoms with Gasteiger partial charge in [0.2, 0.25) is 5.91 Å². The Morgan fingerprint density at radius 3 is 3.16 bits per heavy atom. The van der Waals surface area contributed by atoms with Crippen molar-refractivity contribution in [1.82, 2.24) is 4.98 Å². The van der Waals surface area contributed by atoms with Gasteiger partial charge in [-0.25, -0.2) is 4.98 Å². The van der Waals surface area contributed by atoms with Crippen LogP contribution in [0.2, 0.25) is 0 Å². The van der Waals surface area contributed by atoms with Gasteiger partial charge in [-0.15, -0.1) is 11.3 Å². The van der Waals surface area contributed by atoms with Gasteiger partial charge in [-0.05, 0) is 0 Å². The molecule has 4 atom stereocenters. The van der Waals surface area contributed by atoms with Gasteiger partial charge in [-0.3, -0.25) is 14.5 Å². The minimum atomic E-state index is -0.976. The number of thiazole rings is 1. The van der Waals surface area contributed by atoms with Crippen molar-refractivity contribution in [3.05, 3.63) is 23.7 Å². The van der Waals surface area contributed by atoms with Crippen LogP contribution in [0, 0.1) is 11.8 Å². The summed E-state index contributed by atoms with van der Waals surface area (Å²) >= 11 is 1.36. The highest BCUT2D eigenvalue weighted by Crippen LogP contribution is 2.52. The predicted octanol–water partition coefficient (Wildman–Crippen LogP) is 0.514. The first kappa shape index (κ1) is 11.1. The van der Waals surface area contributed by atoms with E-state index in [2.05, 4.69) is 4.98 Å². The first-order chi connectivity index (χ1) is 9.12. The average Bonchev–Trinajstić information content (AvgIpc) is 3.09. The van der Waals surface area contributed by atoms with Gasteiger partial charge >= 0.3 is 5.97 Å². The maximum Gasteiger partial charge on any atom is 0.310 e. The topological polar surface area (TPSA) is 79.7 Å². The highest BCUT2D eigenvalue weighted by atomic mass is 32.1. The zero-order valence-electron chi connectivity index (χ0n) is 9.72. The van der Waals surface area contributed by atoms with Crippen LogP contribution in [0.15, 0.2) is 23.7 Å². The van der Waals surface area contributed by atoms with Crippen molar-refractivity contribution in [2.24, 2.45) is 11.8 Å². The lowest BCUT2D eigenvalue weighted by Gasteiger charge is -2.21. The highest BCUT2D eigenvalue weighted by molar-refractivity contribution is 7.13. The minimum Gasteiger partial charge on any atom is -0.481 e. The number of aliphatic carboxylic acids is 1. The maximum absolute atomic E-state index is 12.5. The number of carboxylic acid groups (broad SMARTS) is 1. The van der Waals surface area contributed by atoms with Crippen LogP contribution in [0.3, 0.4) is 0 Å². The average molecular weight is 278 g/mol. The van der Waals surface area contributed by atoms with Gasteiger partial charge < -0.3 is 9.84 Å². The summed E-state index contributed by atoms with van der Waals surface area (Å²) in [7, 11) is 0. The summed E-state index contributed by atoms with van der Waals surface area (Å²) in [5, 5.41) is 11.7. The Morgan fingerprint density at radius 2 is 2.47 bits per heavy atom. The SMILES string of the molecule is O=C(O)[C@@H]1[C@@H]2C=C[C@]3(CN(c4nccs4)C(=O)[C@H]13)O2. The molecule has 7 heteroatoms. The number of hydrogen-bond acceptors (Lipinski definition) is 5. The van der Waals surface area contributed by atoms with Crippen molar-refractivity contribution >= 4 is 28.3 Å². The number of rotatable bonds is 2. The molecule has 1 aromatic heterocycles. The van der Waals surface area contributed by atoms with E-state index in [1.165, 1.54) is 16.2 Å². The number of nitrogens with zero attached hydrogens (tertiary/aromatic N) is 2. The van der Waals surface area contributed by atoms with Crippen molar-refractivity contribution in [2.75, 3.05) is 11.4 Å². The van der Waals surface area contributed by atoms with Gasteiger partial charge in [0.05, 0.1) is 18.6 Å². The number of aromatic nitrogens is 1. The number of fused-ring (bicyclic) bond motifs is 1. The molecule has 1 spiro atoms. The van der Waals surface area contributed by atoms with Crippen molar-refractivity contribution in [1.29, 1.82) is 0 Å². The summed E-state index contributed by atoms with van der Waals surface area (Å²) in [6, 6.07) is 0. The van der Waals surface area contributed by atoms with Gasteiger partial charge in [0.1, 0.15) is 11.5 Å². The predicted molar refractivity (Wildman–Crippen MR) is 65.8 cm³/mol. The van der Waals surface area contributed by atoms with Crippen LogP contribution in [0.1, 0.15) is 0 Å². The number of hydrogen-bond donors (Lipinski definition) is 1. The van der Waals surface area contributed by atoms with E-state index in [4.69, 9.17) is 4.74 Å². The van der Waals surface area contributed by atoms with E-state index in [0.29, 0.717) is 11.7 Å². The Kier molecular flexibility index (Phi) is 2.01. The van der Waals surface area contributed by atoms with Crippen LogP contribution in [-0.4, -0.2) is 40.2 Å². The second-order valence-corrected chi connectivity index (χ2v) is 5.85. The van der Waals surface area contributed by atoms with Gasteiger partial charge in [0.25, 0.3) is 0 Å². The zero-order chi connectivity index (χ0) is 13.2. The second-order valence-electron chi connectivity index (χ2n) is 4.98. The fourth-order valence-electron chi connectivity index (χ4n) is 3.29. The number of amides is 1. The molecule has 4 heterocycles. The largest absolute Gasteiger partial charge is 0.481 e. The lowest BCUT2D eigenvalue weighted by molar-refractivity contribution is -0.146. The molecule has 2 fully saturated rings. The van der Waals surface area contributed by atoms with E-state index >= 15 is 0 Å². The summed E-state index contributed by atoms with van der Waals surface area (Å²) in [5.74, 6) is -2.60. The normalized spacial score (nSPS) is 39.1. The molecule has 0 unspecified atom stereocenters. The zero-order valence-corrected chi connectivity index (χ0v) is 10.5. The standard InChI is InChI=1S/C12H10N2O4S/c15-9-8-7(10(16)17)6-1-2-12(8,18-6)5-14(9)11-13-3-4-19-11/h1-4,6-8H,5H2,(H,16,17)/t6-,7+,8-,12+/m0/s1. The van der Waals surface area contributed by atoms with Crippen LogP contribution in [0.25, 0.3) is 0 Å². The lowest BCUT2D eigenvalue weighted by Crippen LogP contribution is -2.39. The van der Waals surface area contributed by atoms with E-state index in [9.17, 15) is 14.7 Å². The Morgan fingerprint density at radius 1 is 1.63 bits per heavy atom. The van der Waals surface area contributed by atoms with E-state index < -0.39 is 29.5 Å². The van der Waals surface area contributed by atoms with Crippen LogP contribution >= 0.6 is 11.3 Å². The molecular weight excluding hydrogens is 268 g/mol. The number of carboxylic acids is 1. The number of carbonyl (C=O) groups is 2. The molecule has 0 radical (unpaired) electrons. The first-order valence-corrected chi connectivity index (χ1v) is 6.81. The van der Waals surface area contributed by atoms with E-state index in [-0.39, 0.29) is 5.91 Å². The molecule has 19 heavy (non-hydrogen) atoms. The molecule has 3 aliphatic rings. The van der Waals surface area contributed by atoms with Crippen LogP contribution in [-0.2, 0) is 14.3 Å². The molecule has 6 nitrogen and oxygen atoms in total. The van der Waals surface area contributed by atoms with Gasteiger partial charge in [-0.2, -0.15) is 0 Å². The summed E-state index contributed by atoms with van der Waals surface area (Å²) in [4.78, 5) is 29.5. The Bertz CT molecular complexity index is 599. The summed E-state index contributed by atoms with van der Waals surface area (Å²) in [5.41, 5.74) is -0.781. The third-order valence-electron chi connectivity index (χ3n) is 4.04. The molecule has 0 saturated carbocycles. The fraction of sp³-hybridized carbons (Fsp3) is 0.417. The molecule has 3 aliphatic heterocycles. The molecule has 98 valence electrons. The van der Waals surface area contributed by atoms with Crippen LogP contribution in [0.4, 0.5) is 5.13 Å². The second kappa shape index (κ2) is 3.43. The maximum atomic E-state index is 12.5. The fourth-order valence-corrected chi connectivity index (χ4v) is 3.94. The van der Waals surface area contributed by atoms with Crippen LogP contribution in [0.5, 0.6) is 0 Å². The van der Waals surface area contributed by atoms with Crippen molar-refractivity contribution in [3.8, 4) is 0 Å². The summed E-state index contributed by atoms with van der Waals surface area (Å²) < 4.78 is 5.78. The number of anilines is 1. The quantitative estimate of drug-likeness (QED) is 0.797. The summed E-state index contributed by atoms with van der Waals surface area (Å²) in [6.07, 6.45) is 4.74. The Hall–Kier alpha value is -1.73. The third kappa shape index (κ3) is 1.26. The molecule has 1 amide bonds. The lowest BCUT2D eigenvalue weighted by atomic mass is 9.77. The molecule has 2 saturated heterocycles. The highest BCUT2D eigenvalue weighted by Gasteiger charge is 2.67. The van der Waals surface area contributed by atoms with Crippen molar-refractivity contribution in [3.63, 3.8) is 0 Å². The Labute approximate surface area is 112 Å². The third-order valence-corrected chi connectivity index (χ3v) is 4.83. The molecule has 1 aromatic rings. The molecule has 0 aliphatic carbocycles. The van der Waals surface area contributed by atoms with Gasteiger partial charge in [0, 0.05) is 11.6 Å². The van der Waals surface area contributed by atoms with E-state index in [1.54, 1.807) is 17.7 Å². The van der Waals surface area contributed by atoms with E-state index in [0.717, 1.165) is 0 Å². The number of carbonyl (C=O) groups excluding carboxylic acids is 1. The number of ether oxygens (including phenoxy) is 1. The molecular formula is C12H10N2O4S. The first-order valence-electron chi connectivity index (χ1n) is 5.93. The molecule has 2 bridgehead atoms. The molecule has 0 aromatic carbocycles. The van der Waals surface area contributed by atoms with Gasteiger partial charge in [0.15, 0.2) is 5.13 Å². The minimum absolute atomic E-state index is 0.200. The van der Waals surface area contributed by atoms with Gasteiger partial charge in [-0.1, -0.05) is 12.2 Å². The Balaban J connectivity index is 1.77. The smallest absolute Gasteiger partial charge is 0.310 e. The monoisotopic (exact) mass is 278 g/mol. The molecule has 1 N–H and O–H groups in total. The van der Waals surface area contributed by atoms with Crippen LogP contribution < -0.4 is 4.90 Å².